The van der Waals surface area contributed by atoms with Gasteiger partial charge in [-0.15, -0.1) is 0 Å². The van der Waals surface area contributed by atoms with E-state index in [0.717, 1.165) is 22.5 Å². The Morgan fingerprint density at radius 1 is 1.18 bits per heavy atom. The lowest BCUT2D eigenvalue weighted by Gasteiger charge is -2.04. The zero-order chi connectivity index (χ0) is 11.7. The Morgan fingerprint density at radius 2 is 2.00 bits per heavy atom. The first-order valence-electron chi connectivity index (χ1n) is 5.16. The van der Waals surface area contributed by atoms with Crippen molar-refractivity contribution in [3.8, 4) is 16.9 Å². The minimum atomic E-state index is 0.796. The van der Waals surface area contributed by atoms with Gasteiger partial charge in [-0.25, -0.2) is 14.5 Å². The van der Waals surface area contributed by atoms with Crippen LogP contribution in [0.25, 0.3) is 16.8 Å². The average molecular weight is 226 g/mol. The van der Waals surface area contributed by atoms with Crippen LogP contribution in [0.1, 0.15) is 0 Å². The number of fused-ring (bicyclic) bond motifs is 1. The zero-order valence-electron chi connectivity index (χ0n) is 9.24. The van der Waals surface area contributed by atoms with Crippen LogP contribution in [0, 0.1) is 0 Å². The van der Waals surface area contributed by atoms with Crippen LogP contribution in [0.2, 0.25) is 0 Å². The van der Waals surface area contributed by atoms with Crippen LogP contribution in [0.5, 0.6) is 5.75 Å². The third kappa shape index (κ3) is 1.61. The molecule has 0 saturated heterocycles. The largest absolute Gasteiger partial charge is 0.497 e. The third-order valence-corrected chi connectivity index (χ3v) is 2.59. The predicted octanol–water partition coefficient (Wildman–Crippen LogP) is 1.80. The molecule has 0 aliphatic carbocycles. The maximum Gasteiger partial charge on any atom is 0.166 e. The monoisotopic (exact) mass is 226 g/mol. The molecule has 2 heterocycles. The summed E-state index contributed by atoms with van der Waals surface area (Å²) >= 11 is 0. The molecule has 0 aliphatic heterocycles. The van der Waals surface area contributed by atoms with Gasteiger partial charge in [0.2, 0.25) is 0 Å². The lowest BCUT2D eigenvalue weighted by Crippen LogP contribution is -1.92. The smallest absolute Gasteiger partial charge is 0.166 e. The van der Waals surface area contributed by atoms with Crippen molar-refractivity contribution in [3.05, 3.63) is 43.1 Å². The fourth-order valence-corrected chi connectivity index (χ4v) is 1.73. The summed E-state index contributed by atoms with van der Waals surface area (Å²) in [5.41, 5.74) is 2.79. The van der Waals surface area contributed by atoms with Crippen molar-refractivity contribution in [1.82, 2.24) is 19.6 Å². The maximum atomic E-state index is 5.13. The van der Waals surface area contributed by atoms with E-state index >= 15 is 0 Å². The van der Waals surface area contributed by atoms with Crippen molar-refractivity contribution in [1.29, 1.82) is 0 Å². The molecule has 84 valence electrons. The standard InChI is InChI=1S/C12H10N4O/c1-17-10-4-2-9(3-5-10)11-6-13-8-16-12(11)14-7-15-16/h2-8H,1H3. The Labute approximate surface area is 97.7 Å². The highest BCUT2D eigenvalue weighted by atomic mass is 16.5. The van der Waals surface area contributed by atoms with Gasteiger partial charge in [-0.05, 0) is 17.7 Å². The molecule has 1 aromatic carbocycles. The fourth-order valence-electron chi connectivity index (χ4n) is 1.73. The average Bonchev–Trinajstić information content (AvgIpc) is 2.87. The van der Waals surface area contributed by atoms with Crippen LogP contribution in [0.4, 0.5) is 0 Å². The summed E-state index contributed by atoms with van der Waals surface area (Å²) in [4.78, 5) is 8.35. The van der Waals surface area contributed by atoms with Crippen LogP contribution in [0.3, 0.4) is 0 Å². The van der Waals surface area contributed by atoms with Gasteiger partial charge in [-0.2, -0.15) is 5.10 Å². The molecule has 0 saturated carbocycles. The molecule has 0 N–H and O–H groups in total. The maximum absolute atomic E-state index is 5.13. The second-order valence-electron chi connectivity index (χ2n) is 3.56. The van der Waals surface area contributed by atoms with Crippen LogP contribution < -0.4 is 4.74 Å². The van der Waals surface area contributed by atoms with E-state index in [1.54, 1.807) is 24.1 Å². The van der Waals surface area contributed by atoms with E-state index in [1.165, 1.54) is 6.33 Å². The quantitative estimate of drug-likeness (QED) is 0.668. The minimum Gasteiger partial charge on any atom is -0.497 e. The predicted molar refractivity (Wildman–Crippen MR) is 62.8 cm³/mol. The molecule has 0 aliphatic rings. The number of hydrogen-bond donors (Lipinski definition) is 0. The van der Waals surface area contributed by atoms with Crippen molar-refractivity contribution in [3.63, 3.8) is 0 Å². The Hall–Kier alpha value is -2.43. The molecular formula is C12H10N4O. The summed E-state index contributed by atoms with van der Waals surface area (Å²) in [5.74, 6) is 0.829. The summed E-state index contributed by atoms with van der Waals surface area (Å²) in [6, 6.07) is 7.78. The molecular weight excluding hydrogens is 216 g/mol. The summed E-state index contributed by atoms with van der Waals surface area (Å²) < 4.78 is 6.78. The molecule has 17 heavy (non-hydrogen) atoms. The normalized spacial score (nSPS) is 10.6. The van der Waals surface area contributed by atoms with Gasteiger partial charge < -0.3 is 4.74 Å². The number of benzene rings is 1. The zero-order valence-corrected chi connectivity index (χ0v) is 9.24. The Balaban J connectivity index is 2.16. The van der Waals surface area contributed by atoms with Gasteiger partial charge in [0.05, 0.1) is 7.11 Å². The first-order valence-corrected chi connectivity index (χ1v) is 5.16. The highest BCUT2D eigenvalue weighted by molar-refractivity contribution is 5.76. The summed E-state index contributed by atoms with van der Waals surface area (Å²) in [6.07, 6.45) is 4.94. The van der Waals surface area contributed by atoms with Gasteiger partial charge in [0, 0.05) is 11.8 Å². The first kappa shape index (κ1) is 9.77. The van der Waals surface area contributed by atoms with E-state index in [4.69, 9.17) is 4.74 Å². The van der Waals surface area contributed by atoms with Gasteiger partial charge >= 0.3 is 0 Å². The van der Waals surface area contributed by atoms with Crippen LogP contribution in [0.15, 0.2) is 43.1 Å². The van der Waals surface area contributed by atoms with E-state index in [0.29, 0.717) is 0 Å². The van der Waals surface area contributed by atoms with E-state index in [9.17, 15) is 0 Å². The second-order valence-corrected chi connectivity index (χ2v) is 3.56. The number of rotatable bonds is 2. The van der Waals surface area contributed by atoms with E-state index in [-0.39, 0.29) is 0 Å². The lowest BCUT2D eigenvalue weighted by molar-refractivity contribution is 0.415. The molecule has 0 radical (unpaired) electrons. The minimum absolute atomic E-state index is 0.796. The number of nitrogens with zero attached hydrogens (tertiary/aromatic N) is 4. The van der Waals surface area contributed by atoms with Gasteiger partial charge in [0.1, 0.15) is 18.4 Å². The van der Waals surface area contributed by atoms with Crippen LogP contribution in [-0.4, -0.2) is 26.7 Å². The van der Waals surface area contributed by atoms with Gasteiger partial charge in [-0.1, -0.05) is 12.1 Å². The van der Waals surface area contributed by atoms with Gasteiger partial charge in [-0.3, -0.25) is 0 Å². The lowest BCUT2D eigenvalue weighted by atomic mass is 10.1. The molecule has 0 atom stereocenters. The van der Waals surface area contributed by atoms with Crippen molar-refractivity contribution in [2.75, 3.05) is 7.11 Å². The number of hydrogen-bond acceptors (Lipinski definition) is 4. The second kappa shape index (κ2) is 3.86. The number of methoxy groups -OCH3 is 1. The van der Waals surface area contributed by atoms with Crippen molar-refractivity contribution in [2.24, 2.45) is 0 Å². The Morgan fingerprint density at radius 3 is 2.76 bits per heavy atom. The highest BCUT2D eigenvalue weighted by Crippen LogP contribution is 2.24. The molecule has 3 aromatic rings. The number of ether oxygens (including phenoxy) is 1. The molecule has 0 unspecified atom stereocenters. The molecule has 0 spiro atoms. The Bertz CT molecular complexity index is 645. The van der Waals surface area contributed by atoms with Crippen molar-refractivity contribution >= 4 is 5.65 Å². The molecule has 5 nitrogen and oxygen atoms in total. The molecule has 0 amide bonds. The topological polar surface area (TPSA) is 52.3 Å². The molecule has 0 fully saturated rings. The van der Waals surface area contributed by atoms with Gasteiger partial charge in [0.15, 0.2) is 5.65 Å². The molecule has 5 heteroatoms. The van der Waals surface area contributed by atoms with E-state index < -0.39 is 0 Å². The SMILES string of the molecule is COc1ccc(-c2cncn3ncnc23)cc1. The first-order chi connectivity index (χ1) is 8.38. The summed E-state index contributed by atoms with van der Waals surface area (Å²) in [7, 11) is 1.65. The summed E-state index contributed by atoms with van der Waals surface area (Å²) in [5, 5.41) is 4.06. The van der Waals surface area contributed by atoms with Crippen molar-refractivity contribution < 1.29 is 4.74 Å². The number of aromatic nitrogens is 4. The fraction of sp³-hybridized carbons (Fsp3) is 0.0833. The molecule has 3 rings (SSSR count). The third-order valence-electron chi connectivity index (χ3n) is 2.59. The Kier molecular flexibility index (Phi) is 2.22. The highest BCUT2D eigenvalue weighted by Gasteiger charge is 2.06. The van der Waals surface area contributed by atoms with E-state index in [2.05, 4.69) is 15.1 Å². The molecule has 2 aromatic heterocycles. The van der Waals surface area contributed by atoms with Crippen molar-refractivity contribution in [2.45, 2.75) is 0 Å². The van der Waals surface area contributed by atoms with Gasteiger partial charge in [0.25, 0.3) is 0 Å². The van der Waals surface area contributed by atoms with Crippen LogP contribution >= 0.6 is 0 Å². The summed E-state index contributed by atoms with van der Waals surface area (Å²) in [6.45, 7) is 0. The molecule has 0 bridgehead atoms. The van der Waals surface area contributed by atoms with E-state index in [1.807, 2.05) is 24.3 Å². The van der Waals surface area contributed by atoms with Crippen LogP contribution in [-0.2, 0) is 0 Å².